The van der Waals surface area contributed by atoms with Crippen molar-refractivity contribution in [1.82, 2.24) is 20.0 Å². The van der Waals surface area contributed by atoms with Gasteiger partial charge in [-0.3, -0.25) is 5.43 Å². The number of rotatable bonds is 5. The van der Waals surface area contributed by atoms with Crippen LogP contribution in [0.4, 0.5) is 5.95 Å². The number of nitrogens with one attached hydrogen (secondary N) is 1. The van der Waals surface area contributed by atoms with Gasteiger partial charge in [0.1, 0.15) is 6.33 Å². The Morgan fingerprint density at radius 2 is 2.38 bits per heavy atom. The minimum Gasteiger partial charge on any atom is -0.286 e. The van der Waals surface area contributed by atoms with Crippen LogP contribution in [0, 0.1) is 12.3 Å². The van der Waals surface area contributed by atoms with E-state index in [0.29, 0.717) is 5.95 Å². The van der Waals surface area contributed by atoms with Crippen LogP contribution >= 0.6 is 11.6 Å². The second-order valence-corrected chi connectivity index (χ2v) is 3.56. The maximum Gasteiger partial charge on any atom is 0.241 e. The lowest BCUT2D eigenvalue weighted by molar-refractivity contribution is 0.297. The molecule has 0 amide bonds. The third kappa shape index (κ3) is 3.65. The number of anilines is 1. The molecule has 1 unspecified atom stereocenters. The van der Waals surface area contributed by atoms with Crippen molar-refractivity contribution in [3.63, 3.8) is 0 Å². The number of hydrogen-bond acceptors (Lipinski definition) is 5. The van der Waals surface area contributed by atoms with Crippen molar-refractivity contribution >= 4 is 17.5 Å². The summed E-state index contributed by atoms with van der Waals surface area (Å²) in [4.78, 5) is 11.6. The monoisotopic (exact) mass is 239 g/mol. The molecule has 0 bridgehead atoms. The predicted octanol–water partition coefficient (Wildman–Crippen LogP) is 1.59. The zero-order valence-corrected chi connectivity index (χ0v) is 10.1. The minimum atomic E-state index is -0.0458. The van der Waals surface area contributed by atoms with Crippen LogP contribution in [0.5, 0.6) is 0 Å². The maximum atomic E-state index is 5.66. The molecule has 1 rings (SSSR count). The number of hydrazine groups is 1. The molecule has 6 heteroatoms. The third-order valence-electron chi connectivity index (χ3n) is 1.96. The number of aromatic nitrogens is 3. The van der Waals surface area contributed by atoms with E-state index in [1.165, 1.54) is 6.33 Å². The van der Waals surface area contributed by atoms with Gasteiger partial charge in [0.05, 0.1) is 6.04 Å². The van der Waals surface area contributed by atoms with Crippen LogP contribution in [0.3, 0.4) is 0 Å². The molecule has 16 heavy (non-hydrogen) atoms. The molecule has 0 spiro atoms. The first-order valence-corrected chi connectivity index (χ1v) is 5.39. The van der Waals surface area contributed by atoms with Crippen LogP contribution in [0.25, 0.3) is 0 Å². The summed E-state index contributed by atoms with van der Waals surface area (Å²) in [6.45, 7) is 4.79. The fourth-order valence-corrected chi connectivity index (χ4v) is 1.26. The highest BCUT2D eigenvalue weighted by Crippen LogP contribution is 2.06. The molecule has 0 fully saturated rings. The van der Waals surface area contributed by atoms with Gasteiger partial charge >= 0.3 is 0 Å². The van der Waals surface area contributed by atoms with Crippen LogP contribution < -0.4 is 5.43 Å². The molecule has 86 valence electrons. The first kappa shape index (κ1) is 12.7. The van der Waals surface area contributed by atoms with Gasteiger partial charge < -0.3 is 0 Å². The van der Waals surface area contributed by atoms with E-state index in [1.54, 1.807) is 0 Å². The van der Waals surface area contributed by atoms with Crippen LogP contribution in [0.2, 0.25) is 5.28 Å². The van der Waals surface area contributed by atoms with Gasteiger partial charge in [0.25, 0.3) is 0 Å². The Bertz CT molecular complexity index is 376. The lowest BCUT2D eigenvalue weighted by Crippen LogP contribution is -2.38. The Kier molecular flexibility index (Phi) is 4.96. The number of terminal acetylenes is 1. The molecule has 1 N–H and O–H groups in total. The lowest BCUT2D eigenvalue weighted by Gasteiger charge is -2.25. The number of hydrogen-bond donors (Lipinski definition) is 1. The van der Waals surface area contributed by atoms with E-state index in [2.05, 4.69) is 33.2 Å². The average Bonchev–Trinajstić information content (AvgIpc) is 2.27. The Labute approximate surface area is 100 Å². The van der Waals surface area contributed by atoms with Crippen LogP contribution in [0.1, 0.15) is 20.3 Å². The molecule has 1 heterocycles. The lowest BCUT2D eigenvalue weighted by atomic mass is 10.3. The second kappa shape index (κ2) is 6.26. The Morgan fingerprint density at radius 3 is 2.94 bits per heavy atom. The molecule has 0 aromatic carbocycles. The summed E-state index contributed by atoms with van der Waals surface area (Å²) in [7, 11) is 0. The highest BCUT2D eigenvalue weighted by atomic mass is 35.5. The van der Waals surface area contributed by atoms with E-state index in [9.17, 15) is 0 Å². The summed E-state index contributed by atoms with van der Waals surface area (Å²) in [6.07, 6.45) is 7.70. The van der Waals surface area contributed by atoms with Gasteiger partial charge in [0.2, 0.25) is 11.2 Å². The average molecular weight is 240 g/mol. The largest absolute Gasteiger partial charge is 0.286 e. The van der Waals surface area contributed by atoms with Gasteiger partial charge in [-0.25, -0.2) is 15.0 Å². The third-order valence-corrected chi connectivity index (χ3v) is 2.14. The van der Waals surface area contributed by atoms with Crippen molar-refractivity contribution in [3.05, 3.63) is 11.6 Å². The molecule has 0 aliphatic heterocycles. The van der Waals surface area contributed by atoms with Gasteiger partial charge in [-0.1, -0.05) is 12.8 Å². The first-order valence-electron chi connectivity index (χ1n) is 5.01. The van der Waals surface area contributed by atoms with Gasteiger partial charge in [0, 0.05) is 6.54 Å². The fraction of sp³-hybridized carbons (Fsp3) is 0.500. The highest BCUT2D eigenvalue weighted by molar-refractivity contribution is 6.28. The predicted molar refractivity (Wildman–Crippen MR) is 63.8 cm³/mol. The van der Waals surface area contributed by atoms with E-state index < -0.39 is 0 Å². The Morgan fingerprint density at radius 1 is 1.62 bits per heavy atom. The van der Waals surface area contributed by atoms with Gasteiger partial charge in [-0.05, 0) is 24.9 Å². The van der Waals surface area contributed by atoms with E-state index in [0.717, 1.165) is 13.0 Å². The summed E-state index contributed by atoms with van der Waals surface area (Å²) in [5, 5.41) is 2.04. The topological polar surface area (TPSA) is 53.9 Å². The standard InChI is InChI=1S/C10H14ClN5/c1-4-6-16(8(3)5-2)15-10-13-7-12-9(11)14-10/h2,7-8H,4,6H2,1,3H3,(H,12,13,14,15). The quantitative estimate of drug-likeness (QED) is 0.625. The molecule has 0 saturated carbocycles. The highest BCUT2D eigenvalue weighted by Gasteiger charge is 2.11. The molecular formula is C10H14ClN5. The smallest absolute Gasteiger partial charge is 0.241 e. The summed E-state index contributed by atoms with van der Waals surface area (Å²) in [5.74, 6) is 3.04. The summed E-state index contributed by atoms with van der Waals surface area (Å²) in [6, 6.07) is -0.0458. The normalized spacial score (nSPS) is 12.2. The molecule has 1 aromatic rings. The summed E-state index contributed by atoms with van der Waals surface area (Å²) >= 11 is 5.66. The van der Waals surface area contributed by atoms with Crippen LogP contribution in [-0.4, -0.2) is 32.5 Å². The molecule has 1 aromatic heterocycles. The SMILES string of the molecule is C#CC(C)N(CCC)Nc1ncnc(Cl)n1. The molecular weight excluding hydrogens is 226 g/mol. The maximum absolute atomic E-state index is 5.66. The van der Waals surface area contributed by atoms with E-state index >= 15 is 0 Å². The van der Waals surface area contributed by atoms with Gasteiger partial charge in [-0.2, -0.15) is 4.98 Å². The van der Waals surface area contributed by atoms with Crippen molar-refractivity contribution in [3.8, 4) is 12.3 Å². The molecule has 0 aliphatic carbocycles. The van der Waals surface area contributed by atoms with Crippen molar-refractivity contribution in [1.29, 1.82) is 0 Å². The molecule has 0 saturated heterocycles. The van der Waals surface area contributed by atoms with Gasteiger partial charge in [0.15, 0.2) is 0 Å². The minimum absolute atomic E-state index is 0.0458. The first-order chi connectivity index (χ1) is 7.67. The molecule has 5 nitrogen and oxygen atoms in total. The fourth-order valence-electron chi connectivity index (χ4n) is 1.14. The summed E-state index contributed by atoms with van der Waals surface area (Å²) < 4.78 is 0. The van der Waals surface area contributed by atoms with E-state index in [1.807, 2.05) is 11.9 Å². The van der Waals surface area contributed by atoms with E-state index in [-0.39, 0.29) is 11.3 Å². The number of halogens is 1. The Balaban J connectivity index is 2.72. The number of nitrogens with zero attached hydrogens (tertiary/aromatic N) is 4. The van der Waals surface area contributed by atoms with Crippen LogP contribution in [-0.2, 0) is 0 Å². The van der Waals surface area contributed by atoms with Gasteiger partial charge in [-0.15, -0.1) is 6.42 Å². The Hall–Kier alpha value is -1.38. The van der Waals surface area contributed by atoms with Crippen LogP contribution in [0.15, 0.2) is 6.33 Å². The van der Waals surface area contributed by atoms with Crippen molar-refractivity contribution in [2.45, 2.75) is 26.3 Å². The molecule has 0 radical (unpaired) electrons. The molecule has 0 aliphatic rings. The summed E-state index contributed by atoms with van der Waals surface area (Å²) in [5.41, 5.74) is 3.02. The zero-order chi connectivity index (χ0) is 12.0. The van der Waals surface area contributed by atoms with E-state index in [4.69, 9.17) is 18.0 Å². The zero-order valence-electron chi connectivity index (χ0n) is 9.31. The van der Waals surface area contributed by atoms with Crippen molar-refractivity contribution in [2.75, 3.05) is 12.0 Å². The van der Waals surface area contributed by atoms with Crippen molar-refractivity contribution in [2.24, 2.45) is 0 Å². The second-order valence-electron chi connectivity index (χ2n) is 3.23. The molecule has 1 atom stereocenters. The van der Waals surface area contributed by atoms with Crippen molar-refractivity contribution < 1.29 is 0 Å².